The Balaban J connectivity index is 1.59. The number of ether oxygens (including phenoxy) is 1. The van der Waals surface area contributed by atoms with Gasteiger partial charge in [0, 0.05) is 24.2 Å². The molecule has 192 valence electrons. The van der Waals surface area contributed by atoms with Crippen molar-refractivity contribution in [2.75, 3.05) is 24.4 Å². The zero-order chi connectivity index (χ0) is 25.9. The molecule has 1 amide bonds. The molecule has 0 saturated carbocycles. The SMILES string of the molecule is CCCS(=O)(=O)c1ccc(-c2cc(C(=O)N(Cc3cccc(OC)c3)C3CCS(=O)(=O)C3)no2)cc1. The number of benzene rings is 2. The molecule has 1 aromatic heterocycles. The van der Waals surface area contributed by atoms with Gasteiger partial charge in [0.15, 0.2) is 31.1 Å². The highest BCUT2D eigenvalue weighted by Gasteiger charge is 2.36. The van der Waals surface area contributed by atoms with Crippen LogP contribution < -0.4 is 4.74 Å². The van der Waals surface area contributed by atoms with Crippen molar-refractivity contribution in [3.8, 4) is 17.1 Å². The van der Waals surface area contributed by atoms with E-state index in [2.05, 4.69) is 5.16 Å². The third-order valence-corrected chi connectivity index (χ3v) is 9.78. The second kappa shape index (κ2) is 10.4. The highest BCUT2D eigenvalue weighted by atomic mass is 32.2. The van der Waals surface area contributed by atoms with Crippen LogP contribution in [-0.4, -0.2) is 63.2 Å². The van der Waals surface area contributed by atoms with Gasteiger partial charge in [0.25, 0.3) is 5.91 Å². The molecule has 0 bridgehead atoms. The van der Waals surface area contributed by atoms with Gasteiger partial charge in [0.05, 0.1) is 29.3 Å². The van der Waals surface area contributed by atoms with Gasteiger partial charge >= 0.3 is 0 Å². The van der Waals surface area contributed by atoms with Crippen molar-refractivity contribution in [2.45, 2.75) is 37.2 Å². The van der Waals surface area contributed by atoms with E-state index in [1.807, 2.05) is 6.07 Å². The van der Waals surface area contributed by atoms with Gasteiger partial charge < -0.3 is 14.2 Å². The summed E-state index contributed by atoms with van der Waals surface area (Å²) >= 11 is 0. The van der Waals surface area contributed by atoms with Crippen molar-refractivity contribution in [1.29, 1.82) is 0 Å². The van der Waals surface area contributed by atoms with E-state index < -0.39 is 31.6 Å². The van der Waals surface area contributed by atoms with Crippen molar-refractivity contribution in [2.24, 2.45) is 0 Å². The van der Waals surface area contributed by atoms with Crippen LogP contribution in [-0.2, 0) is 26.2 Å². The molecule has 1 saturated heterocycles. The maximum atomic E-state index is 13.5. The zero-order valence-corrected chi connectivity index (χ0v) is 21.7. The molecule has 2 aromatic carbocycles. The molecule has 4 rings (SSSR count). The Bertz CT molecular complexity index is 1450. The largest absolute Gasteiger partial charge is 0.497 e. The van der Waals surface area contributed by atoms with Gasteiger partial charge in [-0.1, -0.05) is 24.2 Å². The second-order valence-corrected chi connectivity index (χ2v) is 13.1. The molecular weight excluding hydrogens is 504 g/mol. The maximum Gasteiger partial charge on any atom is 0.276 e. The Kier molecular flexibility index (Phi) is 7.51. The fourth-order valence-corrected chi connectivity index (χ4v) is 7.28. The van der Waals surface area contributed by atoms with Crippen molar-refractivity contribution in [3.05, 3.63) is 65.9 Å². The number of hydrogen-bond acceptors (Lipinski definition) is 8. The molecule has 1 fully saturated rings. The quantitative estimate of drug-likeness (QED) is 0.411. The monoisotopic (exact) mass is 532 g/mol. The van der Waals surface area contributed by atoms with Crippen molar-refractivity contribution in [1.82, 2.24) is 10.1 Å². The van der Waals surface area contributed by atoms with E-state index in [0.717, 1.165) is 5.56 Å². The standard InChI is InChI=1S/C25H28N2O7S2/c1-3-12-36(31,32)22-9-7-19(8-10-22)24-15-23(26-34-24)25(28)27(20-11-13-35(29,30)17-20)16-18-5-4-6-21(14-18)33-2/h4-10,14-15,20H,3,11-13,16-17H2,1-2H3. The average molecular weight is 533 g/mol. The number of aromatic nitrogens is 1. The van der Waals surface area contributed by atoms with Crippen LogP contribution in [0.25, 0.3) is 11.3 Å². The summed E-state index contributed by atoms with van der Waals surface area (Å²) in [7, 11) is -5.03. The predicted octanol–water partition coefficient (Wildman–Crippen LogP) is 3.36. The lowest BCUT2D eigenvalue weighted by molar-refractivity contribution is 0.0670. The first-order valence-corrected chi connectivity index (χ1v) is 15.0. The molecule has 0 spiro atoms. The van der Waals surface area contributed by atoms with Gasteiger partial charge in [-0.15, -0.1) is 0 Å². The fraction of sp³-hybridized carbons (Fsp3) is 0.360. The first-order valence-electron chi connectivity index (χ1n) is 11.6. The topological polar surface area (TPSA) is 124 Å². The summed E-state index contributed by atoms with van der Waals surface area (Å²) in [6, 6.07) is 14.5. The molecule has 1 aliphatic rings. The third-order valence-electron chi connectivity index (χ3n) is 6.10. The highest BCUT2D eigenvalue weighted by Crippen LogP contribution is 2.27. The first-order chi connectivity index (χ1) is 17.1. The number of hydrogen-bond donors (Lipinski definition) is 0. The summed E-state index contributed by atoms with van der Waals surface area (Å²) < 4.78 is 59.5. The minimum absolute atomic E-state index is 0.0247. The van der Waals surface area contributed by atoms with Gasteiger partial charge in [-0.25, -0.2) is 16.8 Å². The molecule has 9 nitrogen and oxygen atoms in total. The van der Waals surface area contributed by atoms with Gasteiger partial charge in [-0.05, 0) is 54.8 Å². The van der Waals surface area contributed by atoms with E-state index in [1.54, 1.807) is 44.4 Å². The second-order valence-electron chi connectivity index (χ2n) is 8.76. The van der Waals surface area contributed by atoms with E-state index in [1.165, 1.54) is 23.1 Å². The van der Waals surface area contributed by atoms with Crippen LogP contribution in [0.3, 0.4) is 0 Å². The van der Waals surface area contributed by atoms with Crippen LogP contribution in [0.5, 0.6) is 5.75 Å². The molecule has 3 aromatic rings. The van der Waals surface area contributed by atoms with Gasteiger partial charge in [-0.2, -0.15) is 0 Å². The minimum atomic E-state index is -3.35. The van der Waals surface area contributed by atoms with Crippen LogP contribution in [0, 0.1) is 0 Å². The van der Waals surface area contributed by atoms with E-state index >= 15 is 0 Å². The van der Waals surface area contributed by atoms with Crippen LogP contribution >= 0.6 is 0 Å². The van der Waals surface area contributed by atoms with Crippen LogP contribution in [0.1, 0.15) is 35.8 Å². The highest BCUT2D eigenvalue weighted by molar-refractivity contribution is 7.91. The molecular formula is C25H28N2O7S2. The number of carbonyl (C=O) groups excluding carboxylic acids is 1. The van der Waals surface area contributed by atoms with Crippen molar-refractivity contribution in [3.63, 3.8) is 0 Å². The van der Waals surface area contributed by atoms with E-state index in [4.69, 9.17) is 9.26 Å². The number of nitrogens with zero attached hydrogens (tertiary/aromatic N) is 2. The smallest absolute Gasteiger partial charge is 0.276 e. The molecule has 36 heavy (non-hydrogen) atoms. The van der Waals surface area contributed by atoms with Crippen LogP contribution in [0.2, 0.25) is 0 Å². The predicted molar refractivity (Wildman–Crippen MR) is 134 cm³/mol. The molecule has 11 heteroatoms. The van der Waals surface area contributed by atoms with E-state index in [9.17, 15) is 21.6 Å². The fourth-order valence-electron chi connectivity index (χ4n) is 4.23. The Hall–Kier alpha value is -3.18. The van der Waals surface area contributed by atoms with Crippen molar-refractivity contribution >= 4 is 25.6 Å². The summed E-state index contributed by atoms with van der Waals surface area (Å²) in [5, 5.41) is 3.94. The molecule has 0 N–H and O–H groups in total. The Morgan fingerprint density at radius 3 is 2.56 bits per heavy atom. The van der Waals surface area contributed by atoms with Crippen LogP contribution in [0.15, 0.2) is 64.0 Å². The molecule has 1 aliphatic heterocycles. The zero-order valence-electron chi connectivity index (χ0n) is 20.1. The minimum Gasteiger partial charge on any atom is -0.497 e. The number of sulfone groups is 2. The Morgan fingerprint density at radius 1 is 1.17 bits per heavy atom. The summed E-state index contributed by atoms with van der Waals surface area (Å²) in [6.07, 6.45) is 0.864. The van der Waals surface area contributed by atoms with Crippen molar-refractivity contribution < 1.29 is 30.9 Å². The Morgan fingerprint density at radius 2 is 1.92 bits per heavy atom. The van der Waals surface area contributed by atoms with Gasteiger partial charge in [-0.3, -0.25) is 4.79 Å². The van der Waals surface area contributed by atoms with E-state index in [0.29, 0.717) is 29.9 Å². The summed E-state index contributed by atoms with van der Waals surface area (Å²) in [5.41, 5.74) is 1.40. The molecule has 1 atom stereocenters. The maximum absolute atomic E-state index is 13.5. The number of rotatable bonds is 9. The molecule has 0 radical (unpaired) electrons. The lowest BCUT2D eigenvalue weighted by Gasteiger charge is -2.27. The first kappa shape index (κ1) is 25.9. The number of carbonyl (C=O) groups is 1. The van der Waals surface area contributed by atoms with Gasteiger partial charge in [0.1, 0.15) is 5.75 Å². The lowest BCUT2D eigenvalue weighted by atomic mass is 10.1. The number of methoxy groups -OCH3 is 1. The molecule has 1 unspecified atom stereocenters. The Labute approximate surface area is 210 Å². The summed E-state index contributed by atoms with van der Waals surface area (Å²) in [6.45, 7) is 1.99. The normalized spacial score (nSPS) is 17.1. The van der Waals surface area contributed by atoms with Gasteiger partial charge in [0.2, 0.25) is 0 Å². The summed E-state index contributed by atoms with van der Waals surface area (Å²) in [4.78, 5) is 15.2. The summed E-state index contributed by atoms with van der Waals surface area (Å²) in [5.74, 6) is 0.466. The lowest BCUT2D eigenvalue weighted by Crippen LogP contribution is -2.40. The molecule has 2 heterocycles. The molecule has 0 aliphatic carbocycles. The third kappa shape index (κ3) is 5.79. The number of amides is 1. The average Bonchev–Trinajstić information content (AvgIpc) is 3.49. The van der Waals surface area contributed by atoms with E-state index in [-0.39, 0.29) is 34.4 Å². The van der Waals surface area contributed by atoms with Crippen LogP contribution in [0.4, 0.5) is 0 Å².